The first-order valence-corrected chi connectivity index (χ1v) is 9.57. The summed E-state index contributed by atoms with van der Waals surface area (Å²) in [6.07, 6.45) is 5.40. The number of aromatic nitrogens is 3. The van der Waals surface area contributed by atoms with Gasteiger partial charge in [-0.25, -0.2) is 4.39 Å². The largest absolute Gasteiger partial charge is 0.372 e. The third-order valence-electron chi connectivity index (χ3n) is 4.81. The van der Waals surface area contributed by atoms with E-state index < -0.39 is 0 Å². The molecule has 0 aliphatic carbocycles. The second-order valence-electron chi connectivity index (χ2n) is 6.83. The van der Waals surface area contributed by atoms with Gasteiger partial charge in [-0.3, -0.25) is 0 Å². The third-order valence-corrected chi connectivity index (χ3v) is 4.81. The molecule has 0 radical (unpaired) electrons. The van der Waals surface area contributed by atoms with Gasteiger partial charge in [0, 0.05) is 36.6 Å². The van der Waals surface area contributed by atoms with Crippen LogP contribution in [0.2, 0.25) is 0 Å². The number of anilines is 4. The molecule has 3 aromatic rings. The molecule has 0 amide bonds. The quantitative estimate of drug-likeness (QED) is 0.665. The van der Waals surface area contributed by atoms with Gasteiger partial charge in [0.25, 0.3) is 0 Å². The van der Waals surface area contributed by atoms with Crippen LogP contribution in [0.25, 0.3) is 0 Å². The Morgan fingerprint density at radius 2 is 1.75 bits per heavy atom. The van der Waals surface area contributed by atoms with Crippen molar-refractivity contribution in [3.8, 4) is 0 Å². The van der Waals surface area contributed by atoms with Gasteiger partial charge in [0.1, 0.15) is 5.82 Å². The molecule has 4 rings (SSSR count). The fourth-order valence-corrected chi connectivity index (χ4v) is 3.31. The lowest BCUT2D eigenvalue weighted by molar-refractivity contribution is 0.578. The highest BCUT2D eigenvalue weighted by atomic mass is 19.1. The summed E-state index contributed by atoms with van der Waals surface area (Å²) >= 11 is 0. The first-order valence-electron chi connectivity index (χ1n) is 9.57. The Kier molecular flexibility index (Phi) is 5.61. The van der Waals surface area contributed by atoms with E-state index in [1.807, 2.05) is 12.1 Å². The lowest BCUT2D eigenvalue weighted by Gasteiger charge is -2.28. The Bertz CT molecular complexity index is 909. The van der Waals surface area contributed by atoms with Gasteiger partial charge in [-0.1, -0.05) is 18.2 Å². The van der Waals surface area contributed by atoms with Crippen LogP contribution in [0.3, 0.4) is 0 Å². The molecule has 0 spiro atoms. The number of piperidine rings is 1. The van der Waals surface area contributed by atoms with E-state index in [0.29, 0.717) is 23.9 Å². The zero-order valence-corrected chi connectivity index (χ0v) is 15.6. The van der Waals surface area contributed by atoms with E-state index in [1.165, 1.54) is 31.0 Å². The van der Waals surface area contributed by atoms with Gasteiger partial charge in [0.2, 0.25) is 5.95 Å². The van der Waals surface area contributed by atoms with Crippen molar-refractivity contribution in [2.45, 2.75) is 25.8 Å². The van der Waals surface area contributed by atoms with Crippen LogP contribution in [0, 0.1) is 5.82 Å². The van der Waals surface area contributed by atoms with Gasteiger partial charge < -0.3 is 15.5 Å². The predicted molar refractivity (Wildman–Crippen MR) is 109 cm³/mol. The minimum Gasteiger partial charge on any atom is -0.372 e. The second kappa shape index (κ2) is 8.65. The monoisotopic (exact) mass is 378 g/mol. The van der Waals surface area contributed by atoms with E-state index in [9.17, 15) is 4.39 Å². The van der Waals surface area contributed by atoms with Crippen molar-refractivity contribution in [1.82, 2.24) is 15.2 Å². The number of hydrogen-bond acceptors (Lipinski definition) is 6. The van der Waals surface area contributed by atoms with Gasteiger partial charge >= 0.3 is 0 Å². The topological polar surface area (TPSA) is 66.0 Å². The molecule has 0 bridgehead atoms. The van der Waals surface area contributed by atoms with E-state index in [0.717, 1.165) is 18.8 Å². The molecule has 1 aromatic heterocycles. The highest BCUT2D eigenvalue weighted by Crippen LogP contribution is 2.23. The number of nitrogens with zero attached hydrogens (tertiary/aromatic N) is 4. The van der Waals surface area contributed by atoms with Crippen molar-refractivity contribution in [3.63, 3.8) is 0 Å². The molecule has 144 valence electrons. The van der Waals surface area contributed by atoms with Crippen molar-refractivity contribution in [1.29, 1.82) is 0 Å². The zero-order valence-electron chi connectivity index (χ0n) is 15.6. The summed E-state index contributed by atoms with van der Waals surface area (Å²) in [6, 6.07) is 14.9. The first kappa shape index (κ1) is 18.2. The molecule has 1 aliphatic heterocycles. The Labute approximate surface area is 163 Å². The average Bonchev–Trinajstić information content (AvgIpc) is 2.75. The molecule has 28 heavy (non-hydrogen) atoms. The lowest BCUT2D eigenvalue weighted by Crippen LogP contribution is -2.29. The van der Waals surface area contributed by atoms with Crippen LogP contribution >= 0.6 is 0 Å². The van der Waals surface area contributed by atoms with E-state index >= 15 is 0 Å². The molecule has 1 aliphatic rings. The average molecular weight is 378 g/mol. The highest BCUT2D eigenvalue weighted by molar-refractivity contribution is 5.61. The van der Waals surface area contributed by atoms with Crippen molar-refractivity contribution in [2.75, 3.05) is 28.6 Å². The predicted octanol–water partition coefficient (Wildman–Crippen LogP) is 4.36. The molecule has 2 aromatic carbocycles. The summed E-state index contributed by atoms with van der Waals surface area (Å²) in [7, 11) is 0. The van der Waals surface area contributed by atoms with E-state index in [2.05, 4.69) is 42.8 Å². The SMILES string of the molecule is Fc1ccccc1CNc1nncc(Nc2ccc(N3CCCCC3)cc2)n1. The van der Waals surface area contributed by atoms with Crippen LogP contribution in [0.1, 0.15) is 24.8 Å². The molecule has 0 saturated carbocycles. The smallest absolute Gasteiger partial charge is 0.244 e. The van der Waals surface area contributed by atoms with E-state index in [-0.39, 0.29) is 5.82 Å². The molecule has 2 heterocycles. The molecule has 0 unspecified atom stereocenters. The van der Waals surface area contributed by atoms with Gasteiger partial charge in [-0.2, -0.15) is 10.1 Å². The molecule has 2 N–H and O–H groups in total. The molecular weight excluding hydrogens is 355 g/mol. The van der Waals surface area contributed by atoms with Crippen LogP contribution < -0.4 is 15.5 Å². The van der Waals surface area contributed by atoms with Crippen molar-refractivity contribution in [2.24, 2.45) is 0 Å². The minimum absolute atomic E-state index is 0.258. The summed E-state index contributed by atoms with van der Waals surface area (Å²) < 4.78 is 13.7. The molecule has 6 nitrogen and oxygen atoms in total. The maximum Gasteiger partial charge on any atom is 0.244 e. The molecule has 1 saturated heterocycles. The maximum absolute atomic E-state index is 13.7. The van der Waals surface area contributed by atoms with Crippen molar-refractivity contribution >= 4 is 23.1 Å². The summed E-state index contributed by atoms with van der Waals surface area (Å²) in [5.74, 6) is 0.668. The van der Waals surface area contributed by atoms with E-state index in [1.54, 1.807) is 24.4 Å². The van der Waals surface area contributed by atoms with Gasteiger partial charge in [-0.15, -0.1) is 5.10 Å². The van der Waals surface area contributed by atoms with Crippen LogP contribution in [-0.4, -0.2) is 28.3 Å². The lowest BCUT2D eigenvalue weighted by atomic mass is 10.1. The fraction of sp³-hybridized carbons (Fsp3) is 0.286. The van der Waals surface area contributed by atoms with Crippen LogP contribution in [0.15, 0.2) is 54.7 Å². The van der Waals surface area contributed by atoms with Gasteiger partial charge in [0.15, 0.2) is 5.82 Å². The Balaban J connectivity index is 1.38. The van der Waals surface area contributed by atoms with Gasteiger partial charge in [0.05, 0.1) is 6.20 Å². The van der Waals surface area contributed by atoms with Gasteiger partial charge in [-0.05, 0) is 49.6 Å². The normalized spacial score (nSPS) is 14.0. The standard InChI is InChI=1S/C21H23FN6/c22-19-7-3-2-6-16(19)14-23-21-26-20(15-24-27-21)25-17-8-10-18(11-9-17)28-12-4-1-5-13-28/h2-3,6-11,15H,1,4-5,12-14H2,(H2,23,25,26,27). The summed E-state index contributed by atoms with van der Waals surface area (Å²) in [4.78, 5) is 6.82. The van der Waals surface area contributed by atoms with Crippen LogP contribution in [-0.2, 0) is 6.54 Å². The Morgan fingerprint density at radius 1 is 0.964 bits per heavy atom. The summed E-state index contributed by atoms with van der Waals surface area (Å²) in [5, 5.41) is 14.2. The number of rotatable bonds is 6. The molecule has 7 heteroatoms. The summed E-state index contributed by atoms with van der Waals surface area (Å²) in [6.45, 7) is 2.54. The van der Waals surface area contributed by atoms with Crippen molar-refractivity contribution < 1.29 is 4.39 Å². The number of nitrogens with one attached hydrogen (secondary N) is 2. The van der Waals surface area contributed by atoms with Crippen LogP contribution in [0.4, 0.5) is 27.5 Å². The zero-order chi connectivity index (χ0) is 19.2. The number of benzene rings is 2. The maximum atomic E-state index is 13.7. The molecule has 0 atom stereocenters. The third kappa shape index (κ3) is 4.54. The fourth-order valence-electron chi connectivity index (χ4n) is 3.31. The highest BCUT2D eigenvalue weighted by Gasteiger charge is 2.10. The summed E-state index contributed by atoms with van der Waals surface area (Å²) in [5.41, 5.74) is 2.73. The number of halogens is 1. The minimum atomic E-state index is -0.258. The Morgan fingerprint density at radius 3 is 2.54 bits per heavy atom. The Hall–Kier alpha value is -3.22. The van der Waals surface area contributed by atoms with Crippen molar-refractivity contribution in [3.05, 3.63) is 66.1 Å². The van der Waals surface area contributed by atoms with E-state index in [4.69, 9.17) is 0 Å². The molecule has 1 fully saturated rings. The van der Waals surface area contributed by atoms with Crippen LogP contribution in [0.5, 0.6) is 0 Å². The molecular formula is C21H23FN6. The first-order chi connectivity index (χ1) is 13.8. The number of hydrogen-bond donors (Lipinski definition) is 2. The second-order valence-corrected chi connectivity index (χ2v) is 6.83.